The fourth-order valence-corrected chi connectivity index (χ4v) is 4.28. The third-order valence-corrected chi connectivity index (χ3v) is 6.09. The van der Waals surface area contributed by atoms with Crippen LogP contribution in [-0.2, 0) is 22.4 Å². The third kappa shape index (κ3) is 5.07. The van der Waals surface area contributed by atoms with Gasteiger partial charge in [-0.15, -0.1) is 11.3 Å². The van der Waals surface area contributed by atoms with E-state index in [1.807, 2.05) is 0 Å². The topological polar surface area (TPSA) is 55.4 Å². The molecule has 1 aromatic rings. The van der Waals surface area contributed by atoms with Gasteiger partial charge in [0, 0.05) is 17.8 Å². The fraction of sp³-hybridized carbons (Fsp3) is 0.684. The number of carbonyl (C=O) groups excluding carboxylic acids is 2. The average Bonchev–Trinajstić information content (AvgIpc) is 2.96. The van der Waals surface area contributed by atoms with Crippen molar-refractivity contribution in [3.63, 3.8) is 0 Å². The monoisotopic (exact) mass is 351 g/mol. The molecule has 24 heavy (non-hydrogen) atoms. The van der Waals surface area contributed by atoms with Crippen molar-refractivity contribution in [1.29, 1.82) is 0 Å². The Morgan fingerprint density at radius 2 is 2.08 bits per heavy atom. The summed E-state index contributed by atoms with van der Waals surface area (Å²) in [5.74, 6) is 0.509. The van der Waals surface area contributed by atoms with Gasteiger partial charge in [0.1, 0.15) is 0 Å². The largest absolute Gasteiger partial charge is 0.469 e. The van der Waals surface area contributed by atoms with Gasteiger partial charge in [-0.3, -0.25) is 9.59 Å². The molecule has 4 nitrogen and oxygen atoms in total. The molecule has 1 amide bonds. The predicted octanol–water partition coefficient (Wildman–Crippen LogP) is 3.97. The molecule has 134 valence electrons. The highest BCUT2D eigenvalue weighted by molar-refractivity contribution is 7.14. The van der Waals surface area contributed by atoms with Crippen molar-refractivity contribution < 1.29 is 14.3 Å². The van der Waals surface area contributed by atoms with Crippen molar-refractivity contribution in [2.24, 2.45) is 11.3 Å². The number of esters is 1. The second-order valence-electron chi connectivity index (χ2n) is 7.65. The van der Waals surface area contributed by atoms with Crippen LogP contribution >= 0.6 is 11.3 Å². The van der Waals surface area contributed by atoms with Crippen LogP contribution in [0.1, 0.15) is 66.6 Å². The molecule has 1 heterocycles. The number of nitrogens with one attached hydrogen (secondary N) is 1. The molecule has 1 aliphatic carbocycles. The van der Waals surface area contributed by atoms with E-state index in [1.54, 1.807) is 11.3 Å². The van der Waals surface area contributed by atoms with Gasteiger partial charge >= 0.3 is 5.97 Å². The summed E-state index contributed by atoms with van der Waals surface area (Å²) >= 11 is 1.64. The molecule has 0 saturated heterocycles. The summed E-state index contributed by atoms with van der Waals surface area (Å²) in [6.07, 6.45) is 5.33. The Morgan fingerprint density at radius 1 is 1.33 bits per heavy atom. The maximum atomic E-state index is 12.3. The molecule has 0 aliphatic heterocycles. The third-order valence-electron chi connectivity index (χ3n) is 4.85. The Labute approximate surface area is 149 Å². The highest BCUT2D eigenvalue weighted by Crippen LogP contribution is 2.40. The minimum absolute atomic E-state index is 0.0137. The van der Waals surface area contributed by atoms with E-state index < -0.39 is 0 Å². The van der Waals surface area contributed by atoms with Gasteiger partial charge in [0.05, 0.1) is 12.0 Å². The van der Waals surface area contributed by atoms with Crippen LogP contribution in [0.5, 0.6) is 0 Å². The normalized spacial score (nSPS) is 17.2. The van der Waals surface area contributed by atoms with Crippen molar-refractivity contribution in [2.45, 2.75) is 59.3 Å². The minimum Gasteiger partial charge on any atom is -0.469 e. The molecule has 1 N–H and O–H groups in total. The van der Waals surface area contributed by atoms with Crippen LogP contribution in [0, 0.1) is 11.3 Å². The van der Waals surface area contributed by atoms with Gasteiger partial charge in [-0.2, -0.15) is 0 Å². The van der Waals surface area contributed by atoms with Crippen LogP contribution in [0.15, 0.2) is 6.07 Å². The van der Waals surface area contributed by atoms with Crippen LogP contribution in [-0.4, -0.2) is 25.5 Å². The number of methoxy groups -OCH3 is 1. The second-order valence-corrected chi connectivity index (χ2v) is 8.79. The summed E-state index contributed by atoms with van der Waals surface area (Å²) in [4.78, 5) is 25.5. The lowest BCUT2D eigenvalue weighted by molar-refractivity contribution is -0.140. The van der Waals surface area contributed by atoms with E-state index in [-0.39, 0.29) is 11.9 Å². The number of hydrogen-bond donors (Lipinski definition) is 1. The fourth-order valence-electron chi connectivity index (χ4n) is 3.16. The van der Waals surface area contributed by atoms with Gasteiger partial charge in [-0.05, 0) is 55.1 Å². The Morgan fingerprint density at radius 3 is 2.75 bits per heavy atom. The Bertz CT molecular complexity index is 586. The van der Waals surface area contributed by atoms with Crippen LogP contribution in [0.25, 0.3) is 0 Å². The van der Waals surface area contributed by atoms with Crippen molar-refractivity contribution in [2.75, 3.05) is 13.7 Å². The van der Waals surface area contributed by atoms with Crippen LogP contribution in [0.2, 0.25) is 0 Å². The van der Waals surface area contributed by atoms with E-state index in [2.05, 4.69) is 36.9 Å². The first-order valence-corrected chi connectivity index (χ1v) is 9.59. The first kappa shape index (κ1) is 19.0. The van der Waals surface area contributed by atoms with Gasteiger partial charge in [-0.1, -0.05) is 20.8 Å². The van der Waals surface area contributed by atoms with Crippen molar-refractivity contribution in [3.05, 3.63) is 21.4 Å². The highest BCUT2D eigenvalue weighted by Gasteiger charge is 2.30. The molecule has 1 unspecified atom stereocenters. The number of carbonyl (C=O) groups is 2. The summed E-state index contributed by atoms with van der Waals surface area (Å²) in [6, 6.07) is 2.09. The first-order chi connectivity index (χ1) is 11.3. The van der Waals surface area contributed by atoms with Crippen molar-refractivity contribution in [3.8, 4) is 0 Å². The molecule has 0 saturated carbocycles. The van der Waals surface area contributed by atoms with E-state index >= 15 is 0 Å². The lowest BCUT2D eigenvalue weighted by atomic mass is 9.72. The van der Waals surface area contributed by atoms with E-state index in [9.17, 15) is 9.59 Å². The number of aryl methyl sites for hydroxylation is 1. The van der Waals surface area contributed by atoms with E-state index in [4.69, 9.17) is 0 Å². The number of rotatable bonds is 6. The Kier molecular flexibility index (Phi) is 6.44. The molecule has 0 radical (unpaired) electrons. The molecule has 2 rings (SSSR count). The molecule has 0 bridgehead atoms. The smallest absolute Gasteiger partial charge is 0.305 e. The lowest BCUT2D eigenvalue weighted by Gasteiger charge is -2.33. The summed E-state index contributed by atoms with van der Waals surface area (Å²) in [5.41, 5.74) is 1.68. The number of ether oxygens (including phenoxy) is 1. The predicted molar refractivity (Wildman–Crippen MR) is 97.5 cm³/mol. The van der Waals surface area contributed by atoms with Gasteiger partial charge < -0.3 is 10.1 Å². The molecule has 5 heteroatoms. The molecule has 0 fully saturated rings. The lowest BCUT2D eigenvalue weighted by Crippen LogP contribution is -2.26. The van der Waals surface area contributed by atoms with Gasteiger partial charge in [0.2, 0.25) is 0 Å². The number of thiophene rings is 1. The molecular formula is C19H29NO3S. The Balaban J connectivity index is 1.82. The van der Waals surface area contributed by atoms with Crippen LogP contribution in [0.3, 0.4) is 0 Å². The van der Waals surface area contributed by atoms with Gasteiger partial charge in [0.15, 0.2) is 0 Å². The zero-order chi connectivity index (χ0) is 17.7. The van der Waals surface area contributed by atoms with Crippen LogP contribution < -0.4 is 5.32 Å². The average molecular weight is 352 g/mol. The molecule has 0 spiro atoms. The molecular weight excluding hydrogens is 322 g/mol. The van der Waals surface area contributed by atoms with E-state index in [0.29, 0.717) is 24.3 Å². The summed E-state index contributed by atoms with van der Waals surface area (Å²) in [5, 5.41) is 2.96. The number of unbranched alkanes of at least 4 members (excludes halogenated alkanes) is 1. The van der Waals surface area contributed by atoms with E-state index in [1.165, 1.54) is 24.0 Å². The van der Waals surface area contributed by atoms with E-state index in [0.717, 1.165) is 30.6 Å². The maximum absolute atomic E-state index is 12.3. The minimum atomic E-state index is -0.194. The number of amides is 1. The summed E-state index contributed by atoms with van der Waals surface area (Å²) in [6.45, 7) is 7.51. The molecule has 1 aliphatic rings. The number of fused-ring (bicyclic) bond motifs is 1. The molecule has 1 aromatic heterocycles. The standard InChI is InChI=1S/C19H29NO3S/c1-19(2,3)14-8-9-15-13(11-14)12-16(24-15)18(22)20-10-6-5-7-17(21)23-4/h12,14H,5-11H2,1-4H3,(H,20,22). The zero-order valence-corrected chi connectivity index (χ0v) is 16.1. The Hall–Kier alpha value is -1.36. The maximum Gasteiger partial charge on any atom is 0.305 e. The number of hydrogen-bond acceptors (Lipinski definition) is 4. The van der Waals surface area contributed by atoms with Crippen molar-refractivity contribution in [1.82, 2.24) is 5.32 Å². The molecule has 1 atom stereocenters. The van der Waals surface area contributed by atoms with Gasteiger partial charge in [0.25, 0.3) is 5.91 Å². The highest BCUT2D eigenvalue weighted by atomic mass is 32.1. The molecule has 0 aromatic carbocycles. The SMILES string of the molecule is COC(=O)CCCCNC(=O)c1cc2c(s1)CCC(C(C)(C)C)C2. The quantitative estimate of drug-likeness (QED) is 0.623. The summed E-state index contributed by atoms with van der Waals surface area (Å²) < 4.78 is 4.60. The first-order valence-electron chi connectivity index (χ1n) is 8.78. The summed E-state index contributed by atoms with van der Waals surface area (Å²) in [7, 11) is 1.40. The van der Waals surface area contributed by atoms with Crippen LogP contribution in [0.4, 0.5) is 0 Å². The zero-order valence-electron chi connectivity index (χ0n) is 15.2. The second kappa shape index (κ2) is 8.15. The van der Waals surface area contributed by atoms with Gasteiger partial charge in [-0.25, -0.2) is 0 Å². The van der Waals surface area contributed by atoms with Crippen molar-refractivity contribution >= 4 is 23.2 Å².